The third kappa shape index (κ3) is 1.99. The Balaban J connectivity index is 2.38. The summed E-state index contributed by atoms with van der Waals surface area (Å²) >= 11 is 0. The number of aromatic hydroxyl groups is 1. The summed E-state index contributed by atoms with van der Waals surface area (Å²) in [4.78, 5) is 0. The molecule has 0 heterocycles. The Morgan fingerprint density at radius 1 is 1.06 bits per heavy atom. The van der Waals surface area contributed by atoms with Crippen LogP contribution in [0.4, 0.5) is 11.4 Å². The molecule has 3 nitrogen and oxygen atoms in total. The summed E-state index contributed by atoms with van der Waals surface area (Å²) in [7, 11) is 0. The number of hydrogen-bond donors (Lipinski definition) is 2. The van der Waals surface area contributed by atoms with Crippen molar-refractivity contribution in [2.45, 2.75) is 6.92 Å². The molecule has 3 heteroatoms. The minimum absolute atomic E-state index is 0.186. The van der Waals surface area contributed by atoms with Crippen LogP contribution in [0.2, 0.25) is 0 Å². The van der Waals surface area contributed by atoms with Gasteiger partial charge in [-0.3, -0.25) is 5.01 Å². The Hall–Kier alpha value is -2.00. The molecule has 0 fully saturated rings. The van der Waals surface area contributed by atoms with Crippen molar-refractivity contribution in [2.75, 3.05) is 5.01 Å². The van der Waals surface area contributed by atoms with E-state index in [2.05, 4.69) is 0 Å². The maximum atomic E-state index is 9.80. The molecule has 2 aromatic carbocycles. The quantitative estimate of drug-likeness (QED) is 0.597. The molecule has 0 atom stereocenters. The fourth-order valence-corrected chi connectivity index (χ4v) is 1.56. The number of hydrazine groups is 1. The maximum absolute atomic E-state index is 9.80. The topological polar surface area (TPSA) is 49.5 Å². The lowest BCUT2D eigenvalue weighted by molar-refractivity contribution is 0.475. The highest BCUT2D eigenvalue weighted by Crippen LogP contribution is 2.30. The number of rotatable bonds is 2. The molecule has 0 bridgehead atoms. The van der Waals surface area contributed by atoms with Gasteiger partial charge in [0.1, 0.15) is 5.75 Å². The Labute approximate surface area is 94.7 Å². The number of hydrogen-bond acceptors (Lipinski definition) is 3. The molecule has 0 spiro atoms. The second-order valence-corrected chi connectivity index (χ2v) is 3.70. The molecular formula is C13H14N2O. The summed E-state index contributed by atoms with van der Waals surface area (Å²) in [6, 6.07) is 14.9. The van der Waals surface area contributed by atoms with Crippen molar-refractivity contribution >= 4 is 11.4 Å². The van der Waals surface area contributed by atoms with E-state index < -0.39 is 0 Å². The first-order valence-electron chi connectivity index (χ1n) is 5.08. The summed E-state index contributed by atoms with van der Waals surface area (Å²) in [5.41, 5.74) is 2.43. The Morgan fingerprint density at radius 2 is 1.75 bits per heavy atom. The number of phenols is 1. The third-order valence-corrected chi connectivity index (χ3v) is 2.42. The minimum Gasteiger partial charge on any atom is -0.506 e. The van der Waals surface area contributed by atoms with Gasteiger partial charge in [0.05, 0.1) is 11.4 Å². The molecule has 2 rings (SSSR count). The van der Waals surface area contributed by atoms with Crippen LogP contribution in [0, 0.1) is 6.92 Å². The molecular weight excluding hydrogens is 200 g/mol. The number of anilines is 2. The van der Waals surface area contributed by atoms with Crippen molar-refractivity contribution in [1.82, 2.24) is 0 Å². The van der Waals surface area contributed by atoms with Crippen molar-refractivity contribution < 1.29 is 5.11 Å². The summed E-state index contributed by atoms with van der Waals surface area (Å²) in [5.74, 6) is 6.13. The predicted molar refractivity (Wildman–Crippen MR) is 65.6 cm³/mol. The van der Waals surface area contributed by atoms with E-state index in [1.807, 2.05) is 43.3 Å². The Morgan fingerprint density at radius 3 is 2.38 bits per heavy atom. The van der Waals surface area contributed by atoms with Gasteiger partial charge in [-0.1, -0.05) is 24.3 Å². The van der Waals surface area contributed by atoms with Crippen LogP contribution in [-0.2, 0) is 0 Å². The first-order valence-corrected chi connectivity index (χ1v) is 5.08. The zero-order valence-electron chi connectivity index (χ0n) is 9.09. The van der Waals surface area contributed by atoms with Crippen molar-refractivity contribution in [3.8, 4) is 5.75 Å². The highest BCUT2D eigenvalue weighted by atomic mass is 16.3. The lowest BCUT2D eigenvalue weighted by atomic mass is 10.2. The van der Waals surface area contributed by atoms with Crippen LogP contribution in [0.1, 0.15) is 5.56 Å². The smallest absolute Gasteiger partial charge is 0.140 e. The molecule has 82 valence electrons. The monoisotopic (exact) mass is 214 g/mol. The van der Waals surface area contributed by atoms with Gasteiger partial charge < -0.3 is 5.11 Å². The molecule has 0 amide bonds. The molecule has 16 heavy (non-hydrogen) atoms. The van der Waals surface area contributed by atoms with Crippen LogP contribution >= 0.6 is 0 Å². The second kappa shape index (κ2) is 4.24. The first-order chi connectivity index (χ1) is 7.68. The number of nitrogens with two attached hydrogens (primary N) is 1. The van der Waals surface area contributed by atoms with Crippen LogP contribution in [0.25, 0.3) is 0 Å². The summed E-state index contributed by atoms with van der Waals surface area (Å²) < 4.78 is 0. The maximum Gasteiger partial charge on any atom is 0.140 e. The van der Waals surface area contributed by atoms with E-state index in [9.17, 15) is 5.11 Å². The number of nitrogens with zero attached hydrogens (tertiary/aromatic N) is 1. The first kappa shape index (κ1) is 10.5. The average Bonchev–Trinajstić information content (AvgIpc) is 2.29. The molecule has 3 N–H and O–H groups in total. The fourth-order valence-electron chi connectivity index (χ4n) is 1.56. The van der Waals surface area contributed by atoms with Gasteiger partial charge in [-0.05, 0) is 36.8 Å². The largest absolute Gasteiger partial charge is 0.506 e. The van der Waals surface area contributed by atoms with Gasteiger partial charge in [-0.2, -0.15) is 0 Å². The minimum atomic E-state index is 0.186. The molecule has 0 aliphatic rings. The SMILES string of the molecule is Cc1ccc(N(N)c2ccccc2)c(O)c1. The molecule has 0 radical (unpaired) electrons. The second-order valence-electron chi connectivity index (χ2n) is 3.70. The fraction of sp³-hybridized carbons (Fsp3) is 0.0769. The standard InChI is InChI=1S/C13H14N2O/c1-10-7-8-12(13(16)9-10)15(14)11-5-3-2-4-6-11/h2-9,16H,14H2,1H3. The highest BCUT2D eigenvalue weighted by Gasteiger charge is 2.08. The zero-order chi connectivity index (χ0) is 11.5. The van der Waals surface area contributed by atoms with Gasteiger partial charge >= 0.3 is 0 Å². The van der Waals surface area contributed by atoms with E-state index in [4.69, 9.17) is 5.84 Å². The molecule has 0 aromatic heterocycles. The van der Waals surface area contributed by atoms with Crippen molar-refractivity contribution in [3.05, 3.63) is 54.1 Å². The summed E-state index contributed by atoms with van der Waals surface area (Å²) in [5, 5.41) is 11.3. The van der Waals surface area contributed by atoms with Gasteiger partial charge in [-0.15, -0.1) is 0 Å². The van der Waals surface area contributed by atoms with E-state index in [1.165, 1.54) is 5.01 Å². The molecule has 0 saturated heterocycles. The van der Waals surface area contributed by atoms with E-state index >= 15 is 0 Å². The van der Waals surface area contributed by atoms with E-state index in [0.29, 0.717) is 5.69 Å². The van der Waals surface area contributed by atoms with Crippen molar-refractivity contribution in [1.29, 1.82) is 0 Å². The van der Waals surface area contributed by atoms with Crippen LogP contribution in [0.3, 0.4) is 0 Å². The lowest BCUT2D eigenvalue weighted by Crippen LogP contribution is -2.24. The predicted octanol–water partition coefficient (Wildman–Crippen LogP) is 2.71. The molecule has 0 aliphatic carbocycles. The number of para-hydroxylation sites is 1. The normalized spacial score (nSPS) is 10.1. The zero-order valence-corrected chi connectivity index (χ0v) is 9.09. The highest BCUT2D eigenvalue weighted by molar-refractivity contribution is 5.67. The Bertz CT molecular complexity index is 483. The van der Waals surface area contributed by atoms with E-state index in [-0.39, 0.29) is 5.75 Å². The molecule has 0 unspecified atom stereocenters. The molecule has 0 saturated carbocycles. The number of phenolic OH excluding ortho intramolecular Hbond substituents is 1. The number of aryl methyl sites for hydroxylation is 1. The van der Waals surface area contributed by atoms with Crippen LogP contribution < -0.4 is 10.9 Å². The lowest BCUT2D eigenvalue weighted by Gasteiger charge is -2.19. The van der Waals surface area contributed by atoms with Crippen molar-refractivity contribution in [2.24, 2.45) is 5.84 Å². The summed E-state index contributed by atoms with van der Waals surface area (Å²) in [6.07, 6.45) is 0. The van der Waals surface area contributed by atoms with E-state index in [0.717, 1.165) is 11.3 Å². The van der Waals surface area contributed by atoms with Gasteiger partial charge in [0, 0.05) is 0 Å². The third-order valence-electron chi connectivity index (χ3n) is 2.42. The van der Waals surface area contributed by atoms with Crippen LogP contribution in [0.5, 0.6) is 5.75 Å². The van der Waals surface area contributed by atoms with Crippen LogP contribution in [0.15, 0.2) is 48.5 Å². The van der Waals surface area contributed by atoms with Gasteiger partial charge in [-0.25, -0.2) is 5.84 Å². The molecule has 0 aliphatic heterocycles. The Kier molecular flexibility index (Phi) is 2.79. The van der Waals surface area contributed by atoms with E-state index in [1.54, 1.807) is 12.1 Å². The number of benzene rings is 2. The van der Waals surface area contributed by atoms with Gasteiger partial charge in [0.2, 0.25) is 0 Å². The van der Waals surface area contributed by atoms with Crippen molar-refractivity contribution in [3.63, 3.8) is 0 Å². The summed E-state index contributed by atoms with van der Waals surface area (Å²) in [6.45, 7) is 1.92. The average molecular weight is 214 g/mol. The molecule has 2 aromatic rings. The van der Waals surface area contributed by atoms with Gasteiger partial charge in [0.25, 0.3) is 0 Å². The van der Waals surface area contributed by atoms with Gasteiger partial charge in [0.15, 0.2) is 0 Å². The van der Waals surface area contributed by atoms with Crippen LogP contribution in [-0.4, -0.2) is 5.11 Å².